The number of pyridine rings is 2. The monoisotopic (exact) mass is 564 g/mol. The van der Waals surface area contributed by atoms with Gasteiger partial charge in [-0.15, -0.1) is 11.3 Å². The van der Waals surface area contributed by atoms with E-state index in [0.717, 1.165) is 23.6 Å². The molecule has 0 aliphatic heterocycles. The minimum Gasteiger partial charge on any atom is -0.373 e. The number of nitrogens with one attached hydrogen (secondary N) is 3. The fourth-order valence-corrected chi connectivity index (χ4v) is 4.36. The first-order valence-electron chi connectivity index (χ1n) is 11.0. The number of carbonyl (C=O) groups is 1. The molecule has 38 heavy (non-hydrogen) atoms. The Balaban J connectivity index is 1.42. The maximum atomic E-state index is 13.2. The fraction of sp³-hybridized carbons (Fsp3) is 0.217. The molecule has 0 aliphatic carbocycles. The van der Waals surface area contributed by atoms with Crippen molar-refractivity contribution in [2.75, 3.05) is 10.6 Å². The second kappa shape index (κ2) is 11.3. The van der Waals surface area contributed by atoms with Crippen molar-refractivity contribution in [3.05, 3.63) is 81.0 Å². The largest absolute Gasteiger partial charge is 0.416 e. The van der Waals surface area contributed by atoms with Gasteiger partial charge in [-0.05, 0) is 37.6 Å². The molecule has 10 nitrogen and oxygen atoms in total. The average molecular weight is 565 g/mol. The Kier molecular flexibility index (Phi) is 8.16. The van der Waals surface area contributed by atoms with Gasteiger partial charge in [0, 0.05) is 24.3 Å². The number of rotatable bonds is 8. The molecule has 0 saturated heterocycles. The third kappa shape index (κ3) is 6.39. The number of aryl methyl sites for hydroxylation is 1. The number of nitrogens with zero attached hydrogens (tertiary/aromatic N) is 5. The highest BCUT2D eigenvalue weighted by atomic mass is 35.5. The standard InChI is InChI=1S/C23H20ClF3N8O2S/c1-11-8-29-16(7-14(11)23(25,26)27)35-20(36)15-9-30-22(38-15)12(2)33-21(37)18-17(24)19(32-10-31-18)34-13-3-5-28-6-4-13/h3-10,12,21,33,37H,1-2H3,(H,29,35,36)(H,28,31,32,34)/t12-,21?/m0/s1. The molecule has 0 saturated carbocycles. The van der Waals surface area contributed by atoms with Crippen LogP contribution >= 0.6 is 22.9 Å². The molecule has 15 heteroatoms. The molecular weight excluding hydrogens is 545 g/mol. The topological polar surface area (TPSA) is 138 Å². The lowest BCUT2D eigenvalue weighted by atomic mass is 10.1. The zero-order chi connectivity index (χ0) is 27.4. The van der Waals surface area contributed by atoms with Gasteiger partial charge in [0.15, 0.2) is 5.82 Å². The van der Waals surface area contributed by atoms with E-state index in [-0.39, 0.29) is 32.8 Å². The Morgan fingerprint density at radius 3 is 2.58 bits per heavy atom. The van der Waals surface area contributed by atoms with Crippen molar-refractivity contribution < 1.29 is 23.1 Å². The van der Waals surface area contributed by atoms with Crippen molar-refractivity contribution in [1.82, 2.24) is 30.2 Å². The van der Waals surface area contributed by atoms with Gasteiger partial charge < -0.3 is 15.7 Å². The van der Waals surface area contributed by atoms with Gasteiger partial charge >= 0.3 is 6.18 Å². The predicted molar refractivity (Wildman–Crippen MR) is 135 cm³/mol. The van der Waals surface area contributed by atoms with Crippen LogP contribution in [0.2, 0.25) is 5.02 Å². The lowest BCUT2D eigenvalue weighted by Crippen LogP contribution is -2.25. The smallest absolute Gasteiger partial charge is 0.373 e. The van der Waals surface area contributed by atoms with Crippen molar-refractivity contribution >= 4 is 46.2 Å². The highest BCUT2D eigenvalue weighted by molar-refractivity contribution is 7.13. The van der Waals surface area contributed by atoms with Gasteiger partial charge in [-0.25, -0.2) is 19.9 Å². The van der Waals surface area contributed by atoms with E-state index in [2.05, 4.69) is 40.9 Å². The molecule has 4 rings (SSSR count). The van der Waals surface area contributed by atoms with E-state index in [4.69, 9.17) is 11.6 Å². The molecule has 0 aliphatic rings. The van der Waals surface area contributed by atoms with E-state index in [0.29, 0.717) is 10.7 Å². The molecule has 2 atom stereocenters. The van der Waals surface area contributed by atoms with Gasteiger partial charge in [0.05, 0.1) is 17.8 Å². The maximum Gasteiger partial charge on any atom is 0.416 e. The molecule has 0 spiro atoms. The van der Waals surface area contributed by atoms with Gasteiger partial charge in [-0.2, -0.15) is 13.2 Å². The van der Waals surface area contributed by atoms with Crippen molar-refractivity contribution in [3.63, 3.8) is 0 Å². The number of anilines is 3. The minimum atomic E-state index is -4.57. The molecule has 198 valence electrons. The van der Waals surface area contributed by atoms with Crippen LogP contribution in [0.5, 0.6) is 0 Å². The van der Waals surface area contributed by atoms with Crippen LogP contribution < -0.4 is 16.0 Å². The van der Waals surface area contributed by atoms with Gasteiger partial charge in [-0.1, -0.05) is 11.6 Å². The first-order valence-corrected chi connectivity index (χ1v) is 12.1. The van der Waals surface area contributed by atoms with E-state index < -0.39 is 29.9 Å². The number of alkyl halides is 3. The molecular formula is C23H20ClF3N8O2S. The highest BCUT2D eigenvalue weighted by Gasteiger charge is 2.33. The highest BCUT2D eigenvalue weighted by Crippen LogP contribution is 2.33. The maximum absolute atomic E-state index is 13.2. The van der Waals surface area contributed by atoms with Crippen LogP contribution in [-0.2, 0) is 6.18 Å². The van der Waals surface area contributed by atoms with Crippen LogP contribution in [0, 0.1) is 6.92 Å². The quantitative estimate of drug-likeness (QED) is 0.217. The molecule has 0 fully saturated rings. The van der Waals surface area contributed by atoms with Crippen LogP contribution in [-0.4, -0.2) is 35.9 Å². The van der Waals surface area contributed by atoms with Crippen molar-refractivity contribution in [2.24, 2.45) is 0 Å². The number of aliphatic hydroxyl groups is 1. The summed E-state index contributed by atoms with van der Waals surface area (Å²) in [5.74, 6) is -0.626. The summed E-state index contributed by atoms with van der Waals surface area (Å²) in [6.45, 7) is 2.98. The van der Waals surface area contributed by atoms with Crippen LogP contribution in [0.4, 0.5) is 30.5 Å². The minimum absolute atomic E-state index is 0.0573. The Morgan fingerprint density at radius 2 is 1.87 bits per heavy atom. The van der Waals surface area contributed by atoms with Crippen molar-refractivity contribution in [2.45, 2.75) is 32.3 Å². The summed E-state index contributed by atoms with van der Waals surface area (Å²) in [6, 6.07) is 3.66. The van der Waals surface area contributed by atoms with E-state index >= 15 is 0 Å². The molecule has 4 aromatic rings. The second-order valence-electron chi connectivity index (χ2n) is 7.97. The third-order valence-corrected chi connectivity index (χ3v) is 6.75. The van der Waals surface area contributed by atoms with Crippen molar-refractivity contribution in [1.29, 1.82) is 0 Å². The van der Waals surface area contributed by atoms with Crippen molar-refractivity contribution in [3.8, 4) is 0 Å². The number of carbonyl (C=O) groups excluding carboxylic acids is 1. The van der Waals surface area contributed by atoms with E-state index in [1.165, 1.54) is 19.4 Å². The summed E-state index contributed by atoms with van der Waals surface area (Å²) >= 11 is 7.41. The van der Waals surface area contributed by atoms with E-state index in [9.17, 15) is 23.1 Å². The lowest BCUT2D eigenvalue weighted by molar-refractivity contribution is -0.138. The van der Waals surface area contributed by atoms with Gasteiger partial charge in [0.1, 0.15) is 39.0 Å². The summed E-state index contributed by atoms with van der Waals surface area (Å²) < 4.78 is 39.5. The molecule has 4 aromatic heterocycles. The molecule has 4 N–H and O–H groups in total. The first kappa shape index (κ1) is 27.3. The molecule has 0 radical (unpaired) electrons. The normalized spacial score (nSPS) is 13.1. The molecule has 1 amide bonds. The number of thiazole rings is 1. The first-order chi connectivity index (χ1) is 18.0. The Morgan fingerprint density at radius 1 is 1.13 bits per heavy atom. The SMILES string of the molecule is Cc1cnc(NC(=O)c2cnc([C@H](C)NC(O)c3ncnc(Nc4ccncc4)c3Cl)s2)cc1C(F)(F)F. The summed E-state index contributed by atoms with van der Waals surface area (Å²) in [5, 5.41) is 19.5. The van der Waals surface area contributed by atoms with Crippen LogP contribution in [0.1, 0.15) is 50.7 Å². The zero-order valence-corrected chi connectivity index (χ0v) is 21.4. The molecule has 0 bridgehead atoms. The number of aromatic nitrogens is 5. The van der Waals surface area contributed by atoms with Crippen LogP contribution in [0.25, 0.3) is 0 Å². The molecule has 1 unspecified atom stereocenters. The number of aliphatic hydroxyl groups excluding tert-OH is 1. The number of halogens is 4. The van der Waals surface area contributed by atoms with Gasteiger partial charge in [0.25, 0.3) is 5.91 Å². The van der Waals surface area contributed by atoms with Crippen LogP contribution in [0.3, 0.4) is 0 Å². The Hall–Kier alpha value is -3.72. The zero-order valence-electron chi connectivity index (χ0n) is 19.8. The predicted octanol–water partition coefficient (Wildman–Crippen LogP) is 5.04. The number of hydrogen-bond acceptors (Lipinski definition) is 10. The molecule has 4 heterocycles. The Bertz CT molecular complexity index is 1440. The summed E-state index contributed by atoms with van der Waals surface area (Å²) in [7, 11) is 0. The van der Waals surface area contributed by atoms with E-state index in [1.807, 2.05) is 0 Å². The Labute approximate surface area is 223 Å². The summed E-state index contributed by atoms with van der Waals surface area (Å²) in [5.41, 5.74) is -0.142. The lowest BCUT2D eigenvalue weighted by Gasteiger charge is -2.19. The average Bonchev–Trinajstić information content (AvgIpc) is 3.37. The van der Waals surface area contributed by atoms with Crippen LogP contribution in [0.15, 0.2) is 49.3 Å². The third-order valence-electron chi connectivity index (χ3n) is 5.19. The number of amides is 1. The summed E-state index contributed by atoms with van der Waals surface area (Å²) in [4.78, 5) is 32.9. The van der Waals surface area contributed by atoms with Gasteiger partial charge in [-0.3, -0.25) is 15.1 Å². The second-order valence-corrected chi connectivity index (χ2v) is 9.41. The fourth-order valence-electron chi connectivity index (χ4n) is 3.29. The van der Waals surface area contributed by atoms with E-state index in [1.54, 1.807) is 31.5 Å². The summed E-state index contributed by atoms with van der Waals surface area (Å²) in [6.07, 6.45) is 0.876. The number of hydrogen-bond donors (Lipinski definition) is 4. The van der Waals surface area contributed by atoms with Gasteiger partial charge in [0.2, 0.25) is 0 Å². The molecule has 0 aromatic carbocycles.